The predicted octanol–water partition coefficient (Wildman–Crippen LogP) is 1.66. The molecule has 0 aliphatic heterocycles. The van der Waals surface area contributed by atoms with Gasteiger partial charge >= 0.3 is 0 Å². The molecular formula is C14H18ClN5O. The summed E-state index contributed by atoms with van der Waals surface area (Å²) in [6.07, 6.45) is 3.11. The van der Waals surface area contributed by atoms with Crippen molar-refractivity contribution in [2.24, 2.45) is 16.5 Å². The van der Waals surface area contributed by atoms with Gasteiger partial charge < -0.3 is 11.5 Å². The summed E-state index contributed by atoms with van der Waals surface area (Å²) in [5.74, 6) is -0.708. The molecule has 0 aliphatic rings. The number of hydrogen-bond acceptors (Lipinski definition) is 2. The van der Waals surface area contributed by atoms with Crippen LogP contribution in [0.1, 0.15) is 29.4 Å². The Bertz CT molecular complexity index is 632. The highest BCUT2D eigenvalue weighted by Gasteiger charge is 2.17. The fourth-order valence-electron chi connectivity index (χ4n) is 2.00. The van der Waals surface area contributed by atoms with E-state index in [2.05, 4.69) is 10.1 Å². The van der Waals surface area contributed by atoms with E-state index in [0.29, 0.717) is 5.56 Å². The van der Waals surface area contributed by atoms with Crippen molar-refractivity contribution in [3.63, 3.8) is 0 Å². The van der Waals surface area contributed by atoms with E-state index in [1.54, 1.807) is 4.68 Å². The van der Waals surface area contributed by atoms with Crippen LogP contribution < -0.4 is 11.5 Å². The number of rotatable bonds is 4. The minimum absolute atomic E-state index is 0. The Morgan fingerprint density at radius 3 is 2.52 bits per heavy atom. The first kappa shape index (κ1) is 16.7. The Morgan fingerprint density at radius 2 is 1.95 bits per heavy atom. The van der Waals surface area contributed by atoms with Gasteiger partial charge in [0.15, 0.2) is 5.96 Å². The number of hydrogen-bond donors (Lipinski definition) is 2. The molecule has 1 aromatic heterocycles. The Kier molecular flexibility index (Phi) is 5.92. The maximum Gasteiger partial charge on any atom is 0.283 e. The Labute approximate surface area is 129 Å². The van der Waals surface area contributed by atoms with Crippen LogP contribution in [-0.2, 0) is 6.42 Å². The second-order valence-corrected chi connectivity index (χ2v) is 4.34. The van der Waals surface area contributed by atoms with Crippen molar-refractivity contribution in [3.05, 3.63) is 47.8 Å². The number of nitrogens with zero attached hydrogens (tertiary/aromatic N) is 3. The van der Waals surface area contributed by atoms with Gasteiger partial charge in [0.25, 0.3) is 5.91 Å². The van der Waals surface area contributed by atoms with E-state index < -0.39 is 5.91 Å². The molecular weight excluding hydrogens is 290 g/mol. The molecule has 0 spiro atoms. The molecule has 1 heterocycles. The number of aliphatic imine (C=N–C) groups is 1. The zero-order valence-electron chi connectivity index (χ0n) is 11.7. The summed E-state index contributed by atoms with van der Waals surface area (Å²) < 4.78 is 1.75. The van der Waals surface area contributed by atoms with Gasteiger partial charge in [-0.2, -0.15) is 10.1 Å². The van der Waals surface area contributed by atoms with Crippen LogP contribution in [0.3, 0.4) is 0 Å². The zero-order valence-corrected chi connectivity index (χ0v) is 12.5. The van der Waals surface area contributed by atoms with Gasteiger partial charge in [-0.15, -0.1) is 12.4 Å². The maximum absolute atomic E-state index is 12.0. The average Bonchev–Trinajstić information content (AvgIpc) is 2.83. The molecule has 2 rings (SSSR count). The first-order valence-corrected chi connectivity index (χ1v) is 6.39. The lowest BCUT2D eigenvalue weighted by molar-refractivity contribution is 0.100. The molecule has 2 aromatic rings. The lowest BCUT2D eigenvalue weighted by Gasteiger charge is -2.07. The number of carbonyl (C=O) groups is 1. The second kappa shape index (κ2) is 7.44. The summed E-state index contributed by atoms with van der Waals surface area (Å²) in [5.41, 5.74) is 12.7. The molecule has 21 heavy (non-hydrogen) atoms. The van der Waals surface area contributed by atoms with Crippen LogP contribution in [-0.4, -0.2) is 21.6 Å². The lowest BCUT2D eigenvalue weighted by atomic mass is 10.1. The minimum Gasteiger partial charge on any atom is -0.370 e. The van der Waals surface area contributed by atoms with Crippen LogP contribution in [0.4, 0.5) is 0 Å². The monoisotopic (exact) mass is 307 g/mol. The number of aromatic nitrogens is 2. The first-order chi connectivity index (χ1) is 9.63. The fraction of sp³-hybridized carbons (Fsp3) is 0.214. The molecule has 0 aliphatic carbocycles. The summed E-state index contributed by atoms with van der Waals surface area (Å²) in [4.78, 5) is 15.6. The largest absolute Gasteiger partial charge is 0.370 e. The summed E-state index contributed by atoms with van der Waals surface area (Å²) >= 11 is 0. The predicted molar refractivity (Wildman–Crippen MR) is 84.9 cm³/mol. The van der Waals surface area contributed by atoms with Gasteiger partial charge in [0.1, 0.15) is 0 Å². The van der Waals surface area contributed by atoms with E-state index in [4.69, 9.17) is 11.5 Å². The zero-order chi connectivity index (χ0) is 14.5. The van der Waals surface area contributed by atoms with Crippen LogP contribution in [0, 0.1) is 0 Å². The summed E-state index contributed by atoms with van der Waals surface area (Å²) in [7, 11) is 0. The van der Waals surface area contributed by atoms with Gasteiger partial charge in [-0.3, -0.25) is 4.79 Å². The molecule has 112 valence electrons. The fourth-order valence-corrected chi connectivity index (χ4v) is 2.00. The van der Waals surface area contributed by atoms with E-state index >= 15 is 0 Å². The third kappa shape index (κ3) is 3.82. The van der Waals surface area contributed by atoms with Crippen LogP contribution in [0.5, 0.6) is 0 Å². The molecule has 0 bridgehead atoms. The number of amides is 1. The van der Waals surface area contributed by atoms with E-state index in [-0.39, 0.29) is 18.4 Å². The highest BCUT2D eigenvalue weighted by atomic mass is 35.5. The molecule has 1 aromatic carbocycles. The smallest absolute Gasteiger partial charge is 0.283 e. The third-order valence-corrected chi connectivity index (χ3v) is 2.82. The molecule has 0 atom stereocenters. The molecule has 4 N–H and O–H groups in total. The molecule has 0 radical (unpaired) electrons. The van der Waals surface area contributed by atoms with Crippen molar-refractivity contribution in [1.82, 2.24) is 9.78 Å². The Hall–Kier alpha value is -2.34. The van der Waals surface area contributed by atoms with Gasteiger partial charge in [0, 0.05) is 0 Å². The molecule has 0 fully saturated rings. The molecule has 7 heteroatoms. The van der Waals surface area contributed by atoms with Gasteiger partial charge in [-0.1, -0.05) is 31.5 Å². The highest BCUT2D eigenvalue weighted by Crippen LogP contribution is 2.17. The number of nitrogens with two attached hydrogens (primary N) is 2. The van der Waals surface area contributed by atoms with Crippen molar-refractivity contribution in [2.75, 3.05) is 0 Å². The summed E-state index contributed by atoms with van der Waals surface area (Å²) in [5, 5.41) is 4.28. The number of benzene rings is 1. The van der Waals surface area contributed by atoms with E-state index in [1.165, 1.54) is 6.20 Å². The van der Waals surface area contributed by atoms with Crippen LogP contribution in [0.25, 0.3) is 5.69 Å². The van der Waals surface area contributed by atoms with Crippen molar-refractivity contribution in [1.29, 1.82) is 0 Å². The number of guanidine groups is 1. The van der Waals surface area contributed by atoms with E-state index in [1.807, 2.05) is 37.3 Å². The SMILES string of the molecule is CCCc1c(C(=O)N=C(N)N)cnn1-c1ccccc1.Cl. The normalized spacial score (nSPS) is 9.76. The van der Waals surface area contributed by atoms with Crippen molar-refractivity contribution in [3.8, 4) is 5.69 Å². The molecule has 6 nitrogen and oxygen atoms in total. The van der Waals surface area contributed by atoms with Gasteiger partial charge in [-0.25, -0.2) is 4.68 Å². The van der Waals surface area contributed by atoms with Crippen molar-refractivity contribution in [2.45, 2.75) is 19.8 Å². The average molecular weight is 308 g/mol. The van der Waals surface area contributed by atoms with E-state index in [9.17, 15) is 4.79 Å². The van der Waals surface area contributed by atoms with Crippen LogP contribution in [0.2, 0.25) is 0 Å². The summed E-state index contributed by atoms with van der Waals surface area (Å²) in [6.45, 7) is 2.04. The topological polar surface area (TPSA) is 99.3 Å². The van der Waals surface area contributed by atoms with Crippen LogP contribution in [0.15, 0.2) is 41.5 Å². The Balaban J connectivity index is 0.00000220. The standard InChI is InChI=1S/C14H17N5O.ClH/c1-2-6-12-11(13(20)18-14(15)16)9-17-19(12)10-7-4-3-5-8-10;/h3-5,7-9H,2,6H2,1H3,(H4,15,16,18,20);1H. The maximum atomic E-state index is 12.0. The molecule has 0 saturated heterocycles. The molecule has 0 saturated carbocycles. The number of halogens is 1. The molecule has 0 unspecified atom stereocenters. The number of para-hydroxylation sites is 1. The second-order valence-electron chi connectivity index (χ2n) is 4.34. The number of carbonyl (C=O) groups excluding carboxylic acids is 1. The first-order valence-electron chi connectivity index (χ1n) is 6.39. The highest BCUT2D eigenvalue weighted by molar-refractivity contribution is 6.02. The quantitative estimate of drug-likeness (QED) is 0.662. The minimum atomic E-state index is -0.462. The third-order valence-electron chi connectivity index (χ3n) is 2.82. The summed E-state index contributed by atoms with van der Waals surface area (Å²) in [6, 6.07) is 9.63. The van der Waals surface area contributed by atoms with Gasteiger partial charge in [0.2, 0.25) is 0 Å². The molecule has 1 amide bonds. The van der Waals surface area contributed by atoms with E-state index in [0.717, 1.165) is 24.2 Å². The van der Waals surface area contributed by atoms with Crippen LogP contribution >= 0.6 is 12.4 Å². The lowest BCUT2D eigenvalue weighted by Crippen LogP contribution is -2.24. The van der Waals surface area contributed by atoms with Crippen molar-refractivity contribution < 1.29 is 4.79 Å². The van der Waals surface area contributed by atoms with Gasteiger partial charge in [-0.05, 0) is 18.6 Å². The van der Waals surface area contributed by atoms with Crippen molar-refractivity contribution >= 4 is 24.3 Å². The van der Waals surface area contributed by atoms with Gasteiger partial charge in [0.05, 0.1) is 23.1 Å². The Morgan fingerprint density at radius 1 is 1.29 bits per heavy atom.